The van der Waals surface area contributed by atoms with E-state index < -0.39 is 36.9 Å². The highest BCUT2D eigenvalue weighted by atomic mass is 16.5. The molecule has 1 aliphatic rings. The number of aliphatic imine (C=N–C) groups is 1. The van der Waals surface area contributed by atoms with Gasteiger partial charge in [0.15, 0.2) is 18.0 Å². The number of carbonyl (C=O) groups is 2. The molecule has 0 fully saturated rings. The van der Waals surface area contributed by atoms with Gasteiger partial charge < -0.3 is 36.3 Å². The second kappa shape index (κ2) is 7.87. The van der Waals surface area contributed by atoms with E-state index in [1.807, 2.05) is 0 Å². The van der Waals surface area contributed by atoms with Gasteiger partial charge in [-0.15, -0.1) is 0 Å². The fourth-order valence-corrected chi connectivity index (χ4v) is 2.36. The molecule has 0 unspecified atom stereocenters. The van der Waals surface area contributed by atoms with Crippen molar-refractivity contribution >= 4 is 18.0 Å². The number of guanidine groups is 1. The van der Waals surface area contributed by atoms with Gasteiger partial charge in [0.25, 0.3) is 0 Å². The summed E-state index contributed by atoms with van der Waals surface area (Å²) in [5.41, 5.74) is 10.7. The van der Waals surface area contributed by atoms with Gasteiger partial charge in [0.05, 0.1) is 12.6 Å². The second-order valence-electron chi connectivity index (χ2n) is 5.12. The standard InChI is InChI=1S/C13H21N3O6/c1-6(19)2-8-9(16-13(14)15)3-7(4-17)22-12(8)11(21)10(20)5-18/h3-4,8-12,18,20-21H,2,5H2,1H3,(H4,14,15,16)/t8-,9+,10-,11-,12-/m1/s1. The van der Waals surface area contributed by atoms with Gasteiger partial charge in [-0.3, -0.25) is 4.79 Å². The first-order chi connectivity index (χ1) is 10.3. The van der Waals surface area contributed by atoms with Crippen LogP contribution in [0.1, 0.15) is 13.3 Å². The van der Waals surface area contributed by atoms with Crippen molar-refractivity contribution in [1.29, 1.82) is 0 Å². The average Bonchev–Trinajstić information content (AvgIpc) is 2.46. The van der Waals surface area contributed by atoms with Crippen LogP contribution in [0.25, 0.3) is 0 Å². The van der Waals surface area contributed by atoms with Gasteiger partial charge in [0, 0.05) is 12.3 Å². The molecule has 9 heteroatoms. The molecule has 0 spiro atoms. The van der Waals surface area contributed by atoms with E-state index >= 15 is 0 Å². The molecule has 0 aromatic carbocycles. The molecule has 0 bridgehead atoms. The number of rotatable bonds is 7. The van der Waals surface area contributed by atoms with Crippen LogP contribution in [0.4, 0.5) is 0 Å². The molecule has 0 radical (unpaired) electrons. The fourth-order valence-electron chi connectivity index (χ4n) is 2.36. The lowest BCUT2D eigenvalue weighted by atomic mass is 9.83. The smallest absolute Gasteiger partial charge is 0.186 e. The Labute approximate surface area is 127 Å². The zero-order valence-electron chi connectivity index (χ0n) is 12.1. The summed E-state index contributed by atoms with van der Waals surface area (Å²) in [6.45, 7) is 0.637. The van der Waals surface area contributed by atoms with Crippen LogP contribution in [0, 0.1) is 5.92 Å². The van der Waals surface area contributed by atoms with E-state index in [1.54, 1.807) is 0 Å². The van der Waals surface area contributed by atoms with Crippen molar-refractivity contribution in [3.8, 4) is 0 Å². The van der Waals surface area contributed by atoms with Crippen molar-refractivity contribution in [1.82, 2.24) is 0 Å². The first kappa shape index (κ1) is 18.1. The summed E-state index contributed by atoms with van der Waals surface area (Å²) in [6, 6.07) is -0.770. The first-order valence-corrected chi connectivity index (χ1v) is 6.69. The number of carbonyl (C=O) groups excluding carboxylic acids is 2. The Morgan fingerprint density at radius 2 is 2.14 bits per heavy atom. The predicted molar refractivity (Wildman–Crippen MR) is 76.5 cm³/mol. The fraction of sp³-hybridized carbons (Fsp3) is 0.615. The number of aliphatic hydroxyl groups is 3. The number of allylic oxidation sites excluding steroid dienone is 1. The molecular weight excluding hydrogens is 294 g/mol. The Bertz CT molecular complexity index is 474. The maximum atomic E-state index is 11.5. The summed E-state index contributed by atoms with van der Waals surface area (Å²) >= 11 is 0. The third-order valence-corrected chi connectivity index (χ3v) is 3.32. The van der Waals surface area contributed by atoms with Crippen LogP contribution in [-0.2, 0) is 14.3 Å². The van der Waals surface area contributed by atoms with E-state index in [2.05, 4.69) is 4.99 Å². The minimum absolute atomic E-state index is 0.0377. The average molecular weight is 315 g/mol. The van der Waals surface area contributed by atoms with Gasteiger partial charge in [-0.1, -0.05) is 0 Å². The van der Waals surface area contributed by atoms with Crippen molar-refractivity contribution < 1.29 is 29.6 Å². The minimum atomic E-state index is -1.52. The molecule has 0 amide bonds. The molecule has 0 saturated heterocycles. The lowest BCUT2D eigenvalue weighted by Crippen LogP contribution is -2.50. The molecule has 1 aliphatic heterocycles. The Hall–Kier alpha value is -1.97. The summed E-state index contributed by atoms with van der Waals surface area (Å²) in [5, 5.41) is 28.6. The van der Waals surface area contributed by atoms with Crippen LogP contribution in [-0.4, -0.2) is 64.3 Å². The largest absolute Gasteiger partial charge is 0.484 e. The molecule has 0 aliphatic carbocycles. The molecule has 0 aromatic heterocycles. The van der Waals surface area contributed by atoms with Crippen molar-refractivity contribution in [2.45, 2.75) is 37.7 Å². The molecule has 1 heterocycles. The quantitative estimate of drug-likeness (QED) is 0.194. The highest BCUT2D eigenvalue weighted by Gasteiger charge is 2.42. The van der Waals surface area contributed by atoms with Crippen molar-refractivity contribution in [2.24, 2.45) is 22.4 Å². The summed E-state index contributed by atoms with van der Waals surface area (Å²) < 4.78 is 5.31. The Morgan fingerprint density at radius 3 is 2.59 bits per heavy atom. The maximum absolute atomic E-state index is 11.5. The van der Waals surface area contributed by atoms with Gasteiger partial charge in [0.1, 0.15) is 24.1 Å². The first-order valence-electron chi connectivity index (χ1n) is 6.69. The van der Waals surface area contributed by atoms with E-state index in [0.29, 0.717) is 6.29 Å². The molecule has 0 saturated carbocycles. The number of hydrogen-bond donors (Lipinski definition) is 5. The molecule has 1 rings (SSSR count). The number of hydrogen-bond acceptors (Lipinski definition) is 7. The molecule has 124 valence electrons. The Balaban J connectivity index is 3.20. The molecule has 5 atom stereocenters. The third kappa shape index (κ3) is 4.52. The summed E-state index contributed by atoms with van der Waals surface area (Å²) in [5.74, 6) is -1.27. The number of ketones is 1. The Morgan fingerprint density at radius 1 is 1.50 bits per heavy atom. The van der Waals surface area contributed by atoms with E-state index in [9.17, 15) is 19.8 Å². The van der Waals surface area contributed by atoms with Gasteiger partial charge in [0.2, 0.25) is 0 Å². The lowest BCUT2D eigenvalue weighted by Gasteiger charge is -2.38. The number of aldehydes is 1. The van der Waals surface area contributed by atoms with Gasteiger partial charge in [-0.25, -0.2) is 4.99 Å². The van der Waals surface area contributed by atoms with E-state index in [1.165, 1.54) is 13.0 Å². The molecular formula is C13H21N3O6. The molecule has 7 N–H and O–H groups in total. The lowest BCUT2D eigenvalue weighted by molar-refractivity contribution is -0.132. The van der Waals surface area contributed by atoms with Gasteiger partial charge in [-0.05, 0) is 13.0 Å². The zero-order chi connectivity index (χ0) is 16.9. The number of Topliss-reactive ketones (excluding diaryl/α,β-unsaturated/α-hetero) is 1. The number of ether oxygens (including phenoxy) is 1. The van der Waals surface area contributed by atoms with Crippen molar-refractivity contribution in [2.75, 3.05) is 6.61 Å². The third-order valence-electron chi connectivity index (χ3n) is 3.32. The van der Waals surface area contributed by atoms with E-state index in [-0.39, 0.29) is 23.9 Å². The highest BCUT2D eigenvalue weighted by Crippen LogP contribution is 2.31. The predicted octanol–water partition coefficient (Wildman–Crippen LogP) is -2.58. The number of aliphatic hydroxyl groups excluding tert-OH is 3. The molecule has 0 aromatic rings. The second-order valence-corrected chi connectivity index (χ2v) is 5.12. The summed E-state index contributed by atoms with van der Waals surface area (Å²) in [7, 11) is 0. The van der Waals surface area contributed by atoms with Crippen molar-refractivity contribution in [3.05, 3.63) is 11.8 Å². The minimum Gasteiger partial charge on any atom is -0.484 e. The zero-order valence-corrected chi connectivity index (χ0v) is 12.1. The normalized spacial score (nSPS) is 27.1. The van der Waals surface area contributed by atoms with Gasteiger partial charge in [-0.2, -0.15) is 0 Å². The SMILES string of the molecule is CC(=O)C[C@H]1[C@H]([C@H](O)[C@H](O)CO)OC(C=O)=C[C@@H]1N=C(N)N. The van der Waals surface area contributed by atoms with E-state index in [4.69, 9.17) is 21.3 Å². The highest BCUT2D eigenvalue weighted by molar-refractivity contribution is 5.78. The maximum Gasteiger partial charge on any atom is 0.186 e. The van der Waals surface area contributed by atoms with Crippen LogP contribution in [0.15, 0.2) is 16.8 Å². The van der Waals surface area contributed by atoms with Crippen LogP contribution in [0.3, 0.4) is 0 Å². The van der Waals surface area contributed by atoms with Crippen LogP contribution >= 0.6 is 0 Å². The summed E-state index contributed by atoms with van der Waals surface area (Å²) in [6.07, 6.45) is -2.42. The number of nitrogens with two attached hydrogens (primary N) is 2. The van der Waals surface area contributed by atoms with Crippen LogP contribution in [0.2, 0.25) is 0 Å². The molecule has 22 heavy (non-hydrogen) atoms. The van der Waals surface area contributed by atoms with Crippen molar-refractivity contribution in [3.63, 3.8) is 0 Å². The van der Waals surface area contributed by atoms with Gasteiger partial charge >= 0.3 is 0 Å². The van der Waals surface area contributed by atoms with Crippen LogP contribution < -0.4 is 11.5 Å². The number of nitrogens with zero attached hydrogens (tertiary/aromatic N) is 1. The van der Waals surface area contributed by atoms with E-state index in [0.717, 1.165) is 0 Å². The molecule has 9 nitrogen and oxygen atoms in total. The Kier molecular flexibility index (Phi) is 6.47. The summed E-state index contributed by atoms with van der Waals surface area (Å²) in [4.78, 5) is 26.4. The topological polar surface area (TPSA) is 168 Å². The van der Waals surface area contributed by atoms with Crippen LogP contribution in [0.5, 0.6) is 0 Å². The monoisotopic (exact) mass is 315 g/mol.